The predicted molar refractivity (Wildman–Crippen MR) is 84.9 cm³/mol. The molecule has 2 rings (SSSR count). The summed E-state index contributed by atoms with van der Waals surface area (Å²) in [5.74, 6) is 0.753. The lowest BCUT2D eigenvalue weighted by Crippen LogP contribution is -2.30. The lowest BCUT2D eigenvalue weighted by Gasteiger charge is -2.16. The Bertz CT molecular complexity index is 539. The summed E-state index contributed by atoms with van der Waals surface area (Å²) in [5, 5.41) is 3.34. The summed E-state index contributed by atoms with van der Waals surface area (Å²) < 4.78 is 13.1. The highest BCUT2D eigenvalue weighted by Crippen LogP contribution is 2.20. The Morgan fingerprint density at radius 2 is 1.90 bits per heavy atom. The van der Waals surface area contributed by atoms with Crippen molar-refractivity contribution in [2.75, 3.05) is 12.8 Å². The third kappa shape index (κ3) is 4.66. The lowest BCUT2D eigenvalue weighted by atomic mass is 10.1. The van der Waals surface area contributed by atoms with Gasteiger partial charge in [0.1, 0.15) is 5.82 Å². The molecule has 0 bridgehead atoms. The van der Waals surface area contributed by atoms with E-state index in [1.54, 1.807) is 23.9 Å². The van der Waals surface area contributed by atoms with Gasteiger partial charge in [-0.25, -0.2) is 4.39 Å². The molecule has 0 aromatic heterocycles. The van der Waals surface area contributed by atoms with Crippen LogP contribution in [0.5, 0.6) is 0 Å². The number of halogens is 1. The van der Waals surface area contributed by atoms with Crippen molar-refractivity contribution in [3.05, 3.63) is 65.5 Å². The second-order valence-electron chi connectivity index (χ2n) is 4.94. The van der Waals surface area contributed by atoms with Gasteiger partial charge in [0.25, 0.3) is 0 Å². The highest BCUT2D eigenvalue weighted by atomic mass is 32.2. The van der Waals surface area contributed by atoms with Gasteiger partial charge in [-0.1, -0.05) is 35.9 Å². The van der Waals surface area contributed by atoms with Crippen molar-refractivity contribution in [1.82, 2.24) is 5.32 Å². The highest BCUT2D eigenvalue weighted by Gasteiger charge is 2.08. The number of hydrogen-bond acceptors (Lipinski definition) is 2. The van der Waals surface area contributed by atoms with Crippen LogP contribution in [0.4, 0.5) is 4.39 Å². The third-order valence-electron chi connectivity index (χ3n) is 3.26. The van der Waals surface area contributed by atoms with Gasteiger partial charge in [0.15, 0.2) is 0 Å². The molecule has 106 valence electrons. The predicted octanol–water partition coefficient (Wildman–Crippen LogP) is 4.06. The van der Waals surface area contributed by atoms with E-state index in [9.17, 15) is 4.39 Å². The first-order valence-corrected chi connectivity index (χ1v) is 7.77. The number of rotatable bonds is 6. The molecule has 1 N–H and O–H groups in total. The summed E-state index contributed by atoms with van der Waals surface area (Å²) in [6.07, 6.45) is 0.985. The third-order valence-corrected chi connectivity index (χ3v) is 4.41. The number of aryl methyl sites for hydroxylation is 1. The molecule has 0 aliphatic rings. The van der Waals surface area contributed by atoms with Crippen LogP contribution in [0.2, 0.25) is 0 Å². The minimum Gasteiger partial charge on any atom is -0.316 e. The second kappa shape index (κ2) is 7.46. The minimum absolute atomic E-state index is 0.172. The first-order chi connectivity index (χ1) is 9.67. The molecule has 2 aromatic rings. The van der Waals surface area contributed by atoms with Crippen molar-refractivity contribution in [1.29, 1.82) is 0 Å². The van der Waals surface area contributed by atoms with Crippen molar-refractivity contribution in [3.8, 4) is 0 Å². The van der Waals surface area contributed by atoms with Crippen molar-refractivity contribution in [2.45, 2.75) is 24.3 Å². The van der Waals surface area contributed by atoms with E-state index in [-0.39, 0.29) is 5.82 Å². The molecule has 20 heavy (non-hydrogen) atoms. The molecule has 0 amide bonds. The van der Waals surface area contributed by atoms with Gasteiger partial charge in [-0.2, -0.15) is 0 Å². The first kappa shape index (κ1) is 15.1. The number of nitrogens with one attached hydrogen (secondary N) is 1. The summed E-state index contributed by atoms with van der Waals surface area (Å²) >= 11 is 1.69. The zero-order chi connectivity index (χ0) is 14.4. The molecule has 0 aliphatic carbocycles. The Balaban J connectivity index is 1.90. The van der Waals surface area contributed by atoms with Crippen molar-refractivity contribution >= 4 is 11.8 Å². The zero-order valence-corrected chi connectivity index (χ0v) is 12.7. The van der Waals surface area contributed by atoms with E-state index in [0.29, 0.717) is 6.04 Å². The Hall–Kier alpha value is -1.32. The molecule has 2 aromatic carbocycles. The first-order valence-electron chi connectivity index (χ1n) is 6.78. The van der Waals surface area contributed by atoms with E-state index < -0.39 is 0 Å². The molecule has 0 radical (unpaired) electrons. The molecule has 1 atom stereocenters. The number of thioether (sulfide) groups is 1. The SMILES string of the molecule is CNC(CSc1cccc(F)c1)Cc1ccc(C)cc1. The van der Waals surface area contributed by atoms with Gasteiger partial charge in [-0.05, 0) is 44.2 Å². The average Bonchev–Trinajstić information content (AvgIpc) is 2.45. The molecule has 3 heteroatoms. The standard InChI is InChI=1S/C17H20FNS/c1-13-6-8-14(9-7-13)10-16(19-2)12-20-17-5-3-4-15(18)11-17/h3-9,11,16,19H,10,12H2,1-2H3. The maximum Gasteiger partial charge on any atom is 0.124 e. The summed E-state index contributed by atoms with van der Waals surface area (Å²) in [5.41, 5.74) is 2.61. The molecule has 1 nitrogen and oxygen atoms in total. The Labute approximate surface area is 124 Å². The topological polar surface area (TPSA) is 12.0 Å². The Morgan fingerprint density at radius 1 is 1.15 bits per heavy atom. The molecule has 0 saturated carbocycles. The average molecular weight is 289 g/mol. The van der Waals surface area contributed by atoms with Crippen LogP contribution in [0, 0.1) is 12.7 Å². The molecule has 0 aliphatic heterocycles. The van der Waals surface area contributed by atoms with Gasteiger partial charge >= 0.3 is 0 Å². The molecule has 0 fully saturated rings. The van der Waals surface area contributed by atoms with E-state index in [2.05, 4.69) is 36.5 Å². The van der Waals surface area contributed by atoms with Crippen LogP contribution >= 0.6 is 11.8 Å². The number of hydrogen-bond donors (Lipinski definition) is 1. The van der Waals surface area contributed by atoms with Crippen molar-refractivity contribution < 1.29 is 4.39 Å². The fraction of sp³-hybridized carbons (Fsp3) is 0.294. The maximum atomic E-state index is 13.1. The Morgan fingerprint density at radius 3 is 2.55 bits per heavy atom. The summed E-state index contributed by atoms with van der Waals surface area (Å²) in [6, 6.07) is 15.8. The van der Waals surface area contributed by atoms with Gasteiger partial charge in [0, 0.05) is 16.7 Å². The van der Waals surface area contributed by atoms with Crippen LogP contribution in [-0.2, 0) is 6.42 Å². The molecule has 1 unspecified atom stereocenters. The van der Waals surface area contributed by atoms with Crippen LogP contribution in [-0.4, -0.2) is 18.8 Å². The van der Waals surface area contributed by atoms with E-state index in [0.717, 1.165) is 17.1 Å². The van der Waals surface area contributed by atoms with Gasteiger partial charge in [-0.15, -0.1) is 11.8 Å². The van der Waals surface area contributed by atoms with E-state index in [1.165, 1.54) is 17.2 Å². The molecule has 0 heterocycles. The maximum absolute atomic E-state index is 13.1. The van der Waals surface area contributed by atoms with Crippen molar-refractivity contribution in [2.24, 2.45) is 0 Å². The summed E-state index contributed by atoms with van der Waals surface area (Å²) in [4.78, 5) is 0.981. The number of likely N-dealkylation sites (N-methyl/N-ethyl adjacent to an activating group) is 1. The van der Waals surface area contributed by atoms with Gasteiger partial charge < -0.3 is 5.32 Å². The normalized spacial score (nSPS) is 12.3. The fourth-order valence-electron chi connectivity index (χ4n) is 2.01. The largest absolute Gasteiger partial charge is 0.316 e. The quantitative estimate of drug-likeness (QED) is 0.805. The molecule has 0 saturated heterocycles. The highest BCUT2D eigenvalue weighted by molar-refractivity contribution is 7.99. The smallest absolute Gasteiger partial charge is 0.124 e. The summed E-state index contributed by atoms with van der Waals surface area (Å²) in [6.45, 7) is 2.10. The van der Waals surface area contributed by atoms with Crippen LogP contribution in [0.3, 0.4) is 0 Å². The van der Waals surface area contributed by atoms with Crippen molar-refractivity contribution in [3.63, 3.8) is 0 Å². The van der Waals surface area contributed by atoms with E-state index in [4.69, 9.17) is 0 Å². The van der Waals surface area contributed by atoms with Gasteiger partial charge in [0.05, 0.1) is 0 Å². The molecular formula is C17H20FNS. The van der Waals surface area contributed by atoms with E-state index >= 15 is 0 Å². The monoisotopic (exact) mass is 289 g/mol. The number of benzene rings is 2. The van der Waals surface area contributed by atoms with Crippen LogP contribution in [0.25, 0.3) is 0 Å². The zero-order valence-electron chi connectivity index (χ0n) is 11.9. The fourth-order valence-corrected chi connectivity index (χ4v) is 3.06. The van der Waals surface area contributed by atoms with Gasteiger partial charge in [-0.3, -0.25) is 0 Å². The second-order valence-corrected chi connectivity index (χ2v) is 6.04. The molecular weight excluding hydrogens is 269 g/mol. The van der Waals surface area contributed by atoms with Crippen LogP contribution in [0.15, 0.2) is 53.4 Å². The van der Waals surface area contributed by atoms with E-state index in [1.807, 2.05) is 13.1 Å². The molecule has 0 spiro atoms. The Kier molecular flexibility index (Phi) is 5.62. The van der Waals surface area contributed by atoms with Gasteiger partial charge in [0.2, 0.25) is 0 Å². The minimum atomic E-state index is -0.172. The van der Waals surface area contributed by atoms with Crippen LogP contribution < -0.4 is 5.32 Å². The lowest BCUT2D eigenvalue weighted by molar-refractivity contribution is 0.615. The summed E-state index contributed by atoms with van der Waals surface area (Å²) in [7, 11) is 1.98. The van der Waals surface area contributed by atoms with Crippen LogP contribution in [0.1, 0.15) is 11.1 Å².